The molecule has 0 spiro atoms. The topological polar surface area (TPSA) is 102 Å². The minimum Gasteiger partial charge on any atom is -0.338 e. The molecule has 0 aliphatic carbocycles. The van der Waals surface area contributed by atoms with Crippen molar-refractivity contribution in [2.45, 2.75) is 45.4 Å². The van der Waals surface area contributed by atoms with Crippen LogP contribution in [0, 0.1) is 13.8 Å². The molecule has 1 aliphatic rings. The van der Waals surface area contributed by atoms with Gasteiger partial charge in [-0.2, -0.15) is 10.1 Å². The summed E-state index contributed by atoms with van der Waals surface area (Å²) in [5.41, 5.74) is 5.32. The SMILES string of the molecule is Cc1nc2c(C(=O)N3CCC(C)(c4noc(-c5ccccn5)n4)CC3)cnn2c(C)c1Cc1ccccc1Cl. The van der Waals surface area contributed by atoms with Gasteiger partial charge in [0, 0.05) is 47.5 Å². The van der Waals surface area contributed by atoms with E-state index in [1.54, 1.807) is 16.9 Å². The van der Waals surface area contributed by atoms with E-state index in [2.05, 4.69) is 27.1 Å². The molecule has 39 heavy (non-hydrogen) atoms. The fraction of sp³-hybridized carbons (Fsp3) is 0.310. The van der Waals surface area contributed by atoms with E-state index in [-0.39, 0.29) is 11.3 Å². The molecule has 0 N–H and O–H groups in total. The Morgan fingerprint density at radius 2 is 1.85 bits per heavy atom. The van der Waals surface area contributed by atoms with Crippen molar-refractivity contribution in [2.24, 2.45) is 0 Å². The Hall–Kier alpha value is -4.11. The van der Waals surface area contributed by atoms with Gasteiger partial charge in [0.2, 0.25) is 0 Å². The number of fused-ring (bicyclic) bond motifs is 1. The van der Waals surface area contributed by atoms with Crippen LogP contribution in [-0.2, 0) is 11.8 Å². The fourth-order valence-electron chi connectivity index (χ4n) is 5.21. The Morgan fingerprint density at radius 3 is 2.59 bits per heavy atom. The first kappa shape index (κ1) is 25.2. The first-order valence-electron chi connectivity index (χ1n) is 13.0. The van der Waals surface area contributed by atoms with Crippen LogP contribution in [0.25, 0.3) is 17.2 Å². The number of pyridine rings is 1. The first-order valence-corrected chi connectivity index (χ1v) is 13.3. The molecule has 4 aromatic heterocycles. The third-order valence-electron chi connectivity index (χ3n) is 7.77. The Kier molecular flexibility index (Phi) is 6.38. The molecule has 1 aromatic carbocycles. The Bertz CT molecular complexity index is 1670. The number of nitrogens with zero attached hydrogens (tertiary/aromatic N) is 7. The predicted octanol–water partition coefficient (Wildman–Crippen LogP) is 5.23. The second-order valence-corrected chi connectivity index (χ2v) is 10.7. The van der Waals surface area contributed by atoms with Crippen LogP contribution in [-0.4, -0.2) is 53.6 Å². The highest BCUT2D eigenvalue weighted by Gasteiger charge is 2.38. The van der Waals surface area contributed by atoms with Crippen molar-refractivity contribution < 1.29 is 9.32 Å². The molecule has 0 bridgehead atoms. The van der Waals surface area contributed by atoms with E-state index >= 15 is 0 Å². The van der Waals surface area contributed by atoms with E-state index in [9.17, 15) is 4.79 Å². The lowest BCUT2D eigenvalue weighted by Crippen LogP contribution is -2.44. The van der Waals surface area contributed by atoms with Gasteiger partial charge in [0.1, 0.15) is 11.3 Å². The summed E-state index contributed by atoms with van der Waals surface area (Å²) in [5.74, 6) is 0.979. The lowest BCUT2D eigenvalue weighted by Gasteiger charge is -2.37. The van der Waals surface area contributed by atoms with Crippen LogP contribution < -0.4 is 0 Å². The van der Waals surface area contributed by atoms with Gasteiger partial charge in [0.15, 0.2) is 11.5 Å². The number of aryl methyl sites for hydroxylation is 2. The number of hydrogen-bond donors (Lipinski definition) is 0. The summed E-state index contributed by atoms with van der Waals surface area (Å²) in [6, 6.07) is 13.4. The minimum absolute atomic E-state index is 0.0699. The number of amides is 1. The highest BCUT2D eigenvalue weighted by molar-refractivity contribution is 6.31. The second kappa shape index (κ2) is 9.89. The van der Waals surface area contributed by atoms with Gasteiger partial charge in [0.25, 0.3) is 11.8 Å². The number of benzene rings is 1. The van der Waals surface area contributed by atoms with Crippen LogP contribution >= 0.6 is 11.6 Å². The monoisotopic (exact) mass is 541 g/mol. The van der Waals surface area contributed by atoms with Crippen LogP contribution in [0.5, 0.6) is 0 Å². The summed E-state index contributed by atoms with van der Waals surface area (Å²) in [6.45, 7) is 7.24. The zero-order valence-electron chi connectivity index (χ0n) is 22.1. The standard InChI is InChI=1S/C29H28ClN7O2/c1-18-21(16-20-8-4-5-9-23(20)30)19(2)37-25(33-18)22(17-32-37)27(38)36-14-11-29(3,12-15-36)28-34-26(39-35-28)24-10-6-7-13-31-24/h4-10,13,17H,11-12,14-16H2,1-3H3. The summed E-state index contributed by atoms with van der Waals surface area (Å²) in [6.07, 6.45) is 5.40. The average Bonchev–Trinajstić information content (AvgIpc) is 3.61. The quantitative estimate of drug-likeness (QED) is 0.300. The Labute approximate surface area is 230 Å². The van der Waals surface area contributed by atoms with Crippen molar-refractivity contribution in [3.05, 3.63) is 93.8 Å². The zero-order chi connectivity index (χ0) is 27.1. The summed E-state index contributed by atoms with van der Waals surface area (Å²) in [7, 11) is 0. The molecule has 1 saturated heterocycles. The summed E-state index contributed by atoms with van der Waals surface area (Å²) in [5, 5.41) is 9.51. The summed E-state index contributed by atoms with van der Waals surface area (Å²) < 4.78 is 7.26. The smallest absolute Gasteiger partial charge is 0.276 e. The largest absolute Gasteiger partial charge is 0.338 e. The maximum Gasteiger partial charge on any atom is 0.276 e. The molecule has 0 unspecified atom stereocenters. The molecule has 0 atom stereocenters. The molecule has 0 radical (unpaired) electrons. The van der Waals surface area contributed by atoms with Crippen molar-refractivity contribution in [1.29, 1.82) is 0 Å². The van der Waals surface area contributed by atoms with Gasteiger partial charge in [-0.15, -0.1) is 0 Å². The lowest BCUT2D eigenvalue weighted by atomic mass is 9.79. The van der Waals surface area contributed by atoms with Crippen LogP contribution in [0.1, 0.15) is 58.5 Å². The minimum atomic E-state index is -0.298. The third-order valence-corrected chi connectivity index (χ3v) is 8.14. The molecular weight excluding hydrogens is 514 g/mol. The van der Waals surface area contributed by atoms with Crippen molar-refractivity contribution >= 4 is 23.2 Å². The van der Waals surface area contributed by atoms with Gasteiger partial charge in [-0.1, -0.05) is 47.9 Å². The maximum atomic E-state index is 13.6. The van der Waals surface area contributed by atoms with Gasteiger partial charge in [0.05, 0.1) is 6.20 Å². The van der Waals surface area contributed by atoms with E-state index in [1.165, 1.54) is 0 Å². The van der Waals surface area contributed by atoms with Gasteiger partial charge in [-0.3, -0.25) is 9.78 Å². The normalized spacial score (nSPS) is 15.1. The fourth-order valence-corrected chi connectivity index (χ4v) is 5.41. The van der Waals surface area contributed by atoms with E-state index in [4.69, 9.17) is 21.1 Å². The van der Waals surface area contributed by atoms with Crippen molar-refractivity contribution in [1.82, 2.24) is 34.6 Å². The number of piperidine rings is 1. The van der Waals surface area contributed by atoms with Gasteiger partial charge in [-0.05, 0) is 56.0 Å². The molecular formula is C29H28ClN7O2. The van der Waals surface area contributed by atoms with E-state index in [1.807, 2.05) is 61.2 Å². The number of carbonyl (C=O) groups is 1. The van der Waals surface area contributed by atoms with Gasteiger partial charge in [-0.25, -0.2) is 9.50 Å². The predicted molar refractivity (Wildman–Crippen MR) is 147 cm³/mol. The first-order chi connectivity index (χ1) is 18.8. The molecule has 5 heterocycles. The van der Waals surface area contributed by atoms with Crippen LogP contribution in [0.3, 0.4) is 0 Å². The number of carbonyl (C=O) groups excluding carboxylic acids is 1. The second-order valence-electron chi connectivity index (χ2n) is 10.3. The van der Waals surface area contributed by atoms with Crippen LogP contribution in [0.2, 0.25) is 5.02 Å². The van der Waals surface area contributed by atoms with Crippen molar-refractivity contribution in [3.63, 3.8) is 0 Å². The van der Waals surface area contributed by atoms with E-state index in [0.29, 0.717) is 61.0 Å². The van der Waals surface area contributed by atoms with E-state index in [0.717, 1.165) is 27.5 Å². The Balaban J connectivity index is 1.20. The molecule has 198 valence electrons. The molecule has 1 amide bonds. The Morgan fingerprint density at radius 1 is 1.08 bits per heavy atom. The van der Waals surface area contributed by atoms with Crippen LogP contribution in [0.4, 0.5) is 0 Å². The lowest BCUT2D eigenvalue weighted by molar-refractivity contribution is 0.0671. The number of hydrogen-bond acceptors (Lipinski definition) is 7. The summed E-state index contributed by atoms with van der Waals surface area (Å²) >= 11 is 6.41. The molecule has 6 rings (SSSR count). The maximum absolute atomic E-state index is 13.6. The van der Waals surface area contributed by atoms with Crippen LogP contribution in [0.15, 0.2) is 59.4 Å². The molecule has 1 fully saturated rings. The number of halogens is 1. The molecule has 10 heteroatoms. The van der Waals surface area contributed by atoms with E-state index < -0.39 is 0 Å². The molecule has 9 nitrogen and oxygen atoms in total. The highest BCUT2D eigenvalue weighted by Crippen LogP contribution is 2.35. The number of likely N-dealkylation sites (tertiary alicyclic amines) is 1. The average molecular weight is 542 g/mol. The number of aromatic nitrogens is 6. The molecule has 5 aromatic rings. The van der Waals surface area contributed by atoms with Crippen molar-refractivity contribution in [3.8, 4) is 11.6 Å². The summed E-state index contributed by atoms with van der Waals surface area (Å²) in [4.78, 5) is 29.2. The van der Waals surface area contributed by atoms with Crippen molar-refractivity contribution in [2.75, 3.05) is 13.1 Å². The zero-order valence-corrected chi connectivity index (χ0v) is 22.8. The van der Waals surface area contributed by atoms with Gasteiger partial charge < -0.3 is 9.42 Å². The van der Waals surface area contributed by atoms with Gasteiger partial charge >= 0.3 is 0 Å². The molecule has 1 aliphatic heterocycles. The number of rotatable bonds is 5. The highest BCUT2D eigenvalue weighted by atomic mass is 35.5. The third kappa shape index (κ3) is 4.57. The molecule has 0 saturated carbocycles.